The quantitative estimate of drug-likeness (QED) is 0.866. The number of urea groups is 1. The predicted octanol–water partition coefficient (Wildman–Crippen LogP) is 2.20. The van der Waals surface area contributed by atoms with Crippen LogP contribution >= 0.6 is 0 Å². The Labute approximate surface area is 158 Å². The molecule has 1 saturated heterocycles. The molecule has 0 radical (unpaired) electrons. The van der Waals surface area contributed by atoms with E-state index in [1.54, 1.807) is 23.1 Å². The molecule has 27 heavy (non-hydrogen) atoms. The molecule has 1 fully saturated rings. The lowest BCUT2D eigenvalue weighted by molar-refractivity contribution is 0.112. The second kappa shape index (κ2) is 8.96. The Morgan fingerprint density at radius 2 is 2.26 bits per heavy atom. The van der Waals surface area contributed by atoms with Crippen molar-refractivity contribution in [2.45, 2.75) is 6.54 Å². The van der Waals surface area contributed by atoms with Gasteiger partial charge in [-0.1, -0.05) is 17.3 Å². The van der Waals surface area contributed by atoms with Gasteiger partial charge in [0.1, 0.15) is 11.5 Å². The molecule has 3 rings (SSSR count). The molecule has 2 heterocycles. The maximum absolute atomic E-state index is 13.3. The van der Waals surface area contributed by atoms with Gasteiger partial charge in [0.25, 0.3) is 0 Å². The molecule has 2 aromatic rings. The molecule has 7 nitrogen and oxygen atoms in total. The Morgan fingerprint density at radius 1 is 1.41 bits per heavy atom. The topological polar surface area (TPSA) is 70.8 Å². The number of amides is 2. The van der Waals surface area contributed by atoms with Gasteiger partial charge in [-0.05, 0) is 26.2 Å². The van der Waals surface area contributed by atoms with Crippen LogP contribution in [0.3, 0.4) is 0 Å². The second-order valence-corrected chi connectivity index (χ2v) is 7.00. The van der Waals surface area contributed by atoms with Gasteiger partial charge >= 0.3 is 6.03 Å². The molecule has 0 unspecified atom stereocenters. The van der Waals surface area contributed by atoms with E-state index in [1.165, 1.54) is 12.1 Å². The minimum absolute atomic E-state index is 0.159. The summed E-state index contributed by atoms with van der Waals surface area (Å²) < 4.78 is 24.2. The van der Waals surface area contributed by atoms with Crippen molar-refractivity contribution in [2.75, 3.05) is 46.9 Å². The number of rotatable bonds is 5. The van der Waals surface area contributed by atoms with E-state index >= 15 is 0 Å². The predicted molar refractivity (Wildman–Crippen MR) is 98.6 cm³/mol. The summed E-state index contributed by atoms with van der Waals surface area (Å²) in [5.74, 6) is 0.456. The van der Waals surface area contributed by atoms with Crippen LogP contribution in [0.15, 0.2) is 34.9 Å². The molecule has 0 bridgehead atoms. The van der Waals surface area contributed by atoms with Gasteiger partial charge in [0.15, 0.2) is 5.76 Å². The number of hydrogen-bond acceptors (Lipinski definition) is 5. The van der Waals surface area contributed by atoms with Crippen LogP contribution in [-0.4, -0.2) is 67.9 Å². The van der Waals surface area contributed by atoms with Crippen molar-refractivity contribution in [3.8, 4) is 11.3 Å². The van der Waals surface area contributed by atoms with Crippen molar-refractivity contribution in [2.24, 2.45) is 5.92 Å². The summed E-state index contributed by atoms with van der Waals surface area (Å²) in [6.45, 7) is 3.47. The number of nitrogens with one attached hydrogen (secondary N) is 1. The lowest BCUT2D eigenvalue weighted by Gasteiger charge is -2.25. The molecular formula is C19H25FN4O3. The van der Waals surface area contributed by atoms with Crippen LogP contribution in [0.2, 0.25) is 0 Å². The highest BCUT2D eigenvalue weighted by molar-refractivity contribution is 5.74. The third kappa shape index (κ3) is 5.51. The van der Waals surface area contributed by atoms with E-state index in [1.807, 2.05) is 14.1 Å². The fraction of sp³-hybridized carbons (Fsp3) is 0.474. The van der Waals surface area contributed by atoms with Gasteiger partial charge in [0.2, 0.25) is 0 Å². The molecule has 0 spiro atoms. The number of nitrogens with zero attached hydrogens (tertiary/aromatic N) is 3. The molecule has 1 aliphatic heterocycles. The minimum Gasteiger partial charge on any atom is -0.379 e. The maximum atomic E-state index is 13.3. The zero-order valence-corrected chi connectivity index (χ0v) is 15.7. The normalized spacial score (nSPS) is 17.8. The van der Waals surface area contributed by atoms with E-state index in [-0.39, 0.29) is 24.3 Å². The Morgan fingerprint density at radius 3 is 3.04 bits per heavy atom. The van der Waals surface area contributed by atoms with Crippen LogP contribution in [-0.2, 0) is 11.3 Å². The van der Waals surface area contributed by atoms with Gasteiger partial charge in [-0.25, -0.2) is 9.18 Å². The Bertz CT molecular complexity index is 765. The van der Waals surface area contributed by atoms with E-state index in [9.17, 15) is 9.18 Å². The lowest BCUT2D eigenvalue weighted by Crippen LogP contribution is -2.44. The van der Waals surface area contributed by atoms with Crippen molar-refractivity contribution >= 4 is 6.03 Å². The molecule has 1 atom stereocenters. The average molecular weight is 376 g/mol. The van der Waals surface area contributed by atoms with E-state index in [0.717, 1.165) is 6.54 Å². The van der Waals surface area contributed by atoms with Crippen molar-refractivity contribution < 1.29 is 18.4 Å². The number of carbonyl (C=O) groups excluding carboxylic acids is 1. The smallest absolute Gasteiger partial charge is 0.317 e. The van der Waals surface area contributed by atoms with Crippen molar-refractivity contribution in [3.05, 3.63) is 41.9 Å². The Hall–Kier alpha value is -2.45. The summed E-state index contributed by atoms with van der Waals surface area (Å²) >= 11 is 0. The Balaban J connectivity index is 1.55. The lowest BCUT2D eigenvalue weighted by atomic mass is 10.1. The maximum Gasteiger partial charge on any atom is 0.317 e. The van der Waals surface area contributed by atoms with Crippen molar-refractivity contribution in [1.82, 2.24) is 20.3 Å². The first-order valence-corrected chi connectivity index (χ1v) is 8.98. The number of hydrogen-bond donors (Lipinski definition) is 1. The highest BCUT2D eigenvalue weighted by Gasteiger charge is 2.23. The van der Waals surface area contributed by atoms with Crippen LogP contribution in [0.5, 0.6) is 0 Å². The number of halogens is 1. The van der Waals surface area contributed by atoms with Gasteiger partial charge in [0, 0.05) is 37.2 Å². The van der Waals surface area contributed by atoms with Gasteiger partial charge in [-0.2, -0.15) is 0 Å². The third-order valence-corrected chi connectivity index (χ3v) is 4.34. The fourth-order valence-electron chi connectivity index (χ4n) is 3.15. The average Bonchev–Trinajstić information content (AvgIpc) is 2.99. The van der Waals surface area contributed by atoms with Gasteiger partial charge in [-0.15, -0.1) is 0 Å². The molecule has 1 N–H and O–H groups in total. The van der Waals surface area contributed by atoms with Crippen LogP contribution in [0, 0.1) is 11.7 Å². The monoisotopic (exact) mass is 376 g/mol. The summed E-state index contributed by atoms with van der Waals surface area (Å²) in [7, 11) is 4.02. The van der Waals surface area contributed by atoms with Crippen molar-refractivity contribution in [3.63, 3.8) is 0 Å². The fourth-order valence-corrected chi connectivity index (χ4v) is 3.15. The number of benzene rings is 1. The molecule has 1 aromatic carbocycles. The zero-order valence-electron chi connectivity index (χ0n) is 15.7. The number of aromatic nitrogens is 1. The SMILES string of the molecule is CN(C)C[C@@H]1COCCN(C(=O)NCc2cc(-c3cccc(F)c3)no2)C1. The number of carbonyl (C=O) groups is 1. The first kappa shape index (κ1) is 19.3. The largest absolute Gasteiger partial charge is 0.379 e. The summed E-state index contributed by atoms with van der Waals surface area (Å²) in [5.41, 5.74) is 1.17. The van der Waals surface area contributed by atoms with Crippen LogP contribution in [0.1, 0.15) is 5.76 Å². The standard InChI is InChI=1S/C19H25FN4O3/c1-23(2)11-14-12-24(6-7-26-13-14)19(25)21-10-17-9-18(22-27-17)15-4-3-5-16(20)8-15/h3-5,8-9,14H,6-7,10-13H2,1-2H3,(H,21,25)/t14-/m0/s1. The molecule has 0 saturated carbocycles. The van der Waals surface area contributed by atoms with E-state index in [4.69, 9.17) is 9.26 Å². The van der Waals surface area contributed by atoms with Crippen LogP contribution < -0.4 is 5.32 Å². The molecule has 1 aromatic heterocycles. The molecule has 8 heteroatoms. The van der Waals surface area contributed by atoms with Crippen LogP contribution in [0.25, 0.3) is 11.3 Å². The highest BCUT2D eigenvalue weighted by atomic mass is 19.1. The molecule has 146 valence electrons. The molecule has 1 aliphatic rings. The Kier molecular flexibility index (Phi) is 6.41. The third-order valence-electron chi connectivity index (χ3n) is 4.34. The van der Waals surface area contributed by atoms with Gasteiger partial charge in [-0.3, -0.25) is 0 Å². The summed E-state index contributed by atoms with van der Waals surface area (Å²) in [6, 6.07) is 7.68. The minimum atomic E-state index is -0.332. The van der Waals surface area contributed by atoms with Gasteiger partial charge < -0.3 is 24.4 Å². The van der Waals surface area contributed by atoms with Crippen molar-refractivity contribution in [1.29, 1.82) is 0 Å². The second-order valence-electron chi connectivity index (χ2n) is 7.00. The molecule has 0 aliphatic carbocycles. The number of ether oxygens (including phenoxy) is 1. The summed E-state index contributed by atoms with van der Waals surface area (Å²) in [6.07, 6.45) is 0. The van der Waals surface area contributed by atoms with Gasteiger partial charge in [0.05, 0.1) is 19.8 Å². The highest BCUT2D eigenvalue weighted by Crippen LogP contribution is 2.20. The molecule has 2 amide bonds. The van der Waals surface area contributed by atoms with Crippen LogP contribution in [0.4, 0.5) is 9.18 Å². The van der Waals surface area contributed by atoms with E-state index in [0.29, 0.717) is 43.3 Å². The first-order valence-electron chi connectivity index (χ1n) is 8.98. The first-order chi connectivity index (χ1) is 13.0. The molecular weight excluding hydrogens is 351 g/mol. The zero-order chi connectivity index (χ0) is 19.2. The van der Waals surface area contributed by atoms with E-state index < -0.39 is 0 Å². The summed E-state index contributed by atoms with van der Waals surface area (Å²) in [5, 5.41) is 6.80. The van der Waals surface area contributed by atoms with E-state index in [2.05, 4.69) is 15.4 Å². The summed E-state index contributed by atoms with van der Waals surface area (Å²) in [4.78, 5) is 16.4.